The minimum atomic E-state index is -0.0261. The average molecular weight is 262 g/mol. The fourth-order valence-electron chi connectivity index (χ4n) is 3.02. The van der Waals surface area contributed by atoms with Gasteiger partial charge in [0.15, 0.2) is 0 Å². The number of phenols is 1. The summed E-state index contributed by atoms with van der Waals surface area (Å²) in [7, 11) is 0. The summed E-state index contributed by atoms with van der Waals surface area (Å²) in [6.45, 7) is 17.4. The molecule has 1 N–H and O–H groups in total. The van der Waals surface area contributed by atoms with Crippen LogP contribution < -0.4 is 0 Å². The normalized spacial score (nSPS) is 12.8. The zero-order valence-corrected chi connectivity index (χ0v) is 13.9. The predicted octanol–water partition coefficient (Wildman–Crippen LogP) is 5.11. The molecule has 1 aromatic rings. The van der Waals surface area contributed by atoms with Crippen molar-refractivity contribution in [3.63, 3.8) is 0 Å². The highest BCUT2D eigenvalue weighted by Gasteiger charge is 2.29. The van der Waals surface area contributed by atoms with E-state index in [0.717, 1.165) is 24.0 Å². The lowest BCUT2D eigenvalue weighted by molar-refractivity contribution is 0.419. The maximum absolute atomic E-state index is 10.9. The van der Waals surface area contributed by atoms with E-state index < -0.39 is 0 Å². The first-order valence-electron chi connectivity index (χ1n) is 7.42. The smallest absolute Gasteiger partial charge is 0.123 e. The van der Waals surface area contributed by atoms with Gasteiger partial charge in [0.1, 0.15) is 5.75 Å². The van der Waals surface area contributed by atoms with Crippen molar-refractivity contribution in [2.75, 3.05) is 0 Å². The molecule has 19 heavy (non-hydrogen) atoms. The molecule has 1 heteroatoms. The van der Waals surface area contributed by atoms with Crippen molar-refractivity contribution in [3.8, 4) is 5.75 Å². The summed E-state index contributed by atoms with van der Waals surface area (Å²) in [6.07, 6.45) is 1.94. The van der Waals surface area contributed by atoms with Crippen molar-refractivity contribution in [2.24, 2.45) is 0 Å². The molecular formula is C18H30O. The molecule has 1 nitrogen and oxygen atoms in total. The molecule has 1 rings (SSSR count). The molecule has 0 bridgehead atoms. The highest BCUT2D eigenvalue weighted by atomic mass is 16.3. The van der Waals surface area contributed by atoms with E-state index in [0.29, 0.717) is 5.75 Å². The van der Waals surface area contributed by atoms with Gasteiger partial charge >= 0.3 is 0 Å². The van der Waals surface area contributed by atoms with E-state index in [-0.39, 0.29) is 10.8 Å². The molecular weight excluding hydrogens is 232 g/mol. The van der Waals surface area contributed by atoms with Crippen molar-refractivity contribution >= 4 is 0 Å². The SMILES string of the molecule is CCc1cc(CC)c(C(C)(C)C)c(O)c1C(C)(C)C. The molecule has 0 amide bonds. The van der Waals surface area contributed by atoms with Crippen LogP contribution in [0, 0.1) is 0 Å². The zero-order chi connectivity index (χ0) is 15.0. The largest absolute Gasteiger partial charge is 0.507 e. The predicted molar refractivity (Wildman–Crippen MR) is 84.3 cm³/mol. The van der Waals surface area contributed by atoms with Crippen LogP contribution in [0.15, 0.2) is 6.07 Å². The van der Waals surface area contributed by atoms with Gasteiger partial charge in [0.2, 0.25) is 0 Å². The highest BCUT2D eigenvalue weighted by molar-refractivity contribution is 5.55. The third-order valence-corrected chi connectivity index (χ3v) is 3.73. The number of hydrogen-bond donors (Lipinski definition) is 1. The summed E-state index contributed by atoms with van der Waals surface area (Å²) in [6, 6.07) is 2.31. The van der Waals surface area contributed by atoms with Gasteiger partial charge < -0.3 is 5.11 Å². The summed E-state index contributed by atoms with van der Waals surface area (Å²) in [5.74, 6) is 0.524. The second-order valence-electron chi connectivity index (χ2n) is 7.50. The van der Waals surface area contributed by atoms with E-state index in [9.17, 15) is 5.11 Å². The Morgan fingerprint density at radius 3 is 1.32 bits per heavy atom. The monoisotopic (exact) mass is 262 g/mol. The number of phenolic OH excluding ortho intramolecular Hbond substituents is 1. The number of aryl methyl sites for hydroxylation is 2. The van der Waals surface area contributed by atoms with Gasteiger partial charge in [-0.3, -0.25) is 0 Å². The summed E-state index contributed by atoms with van der Waals surface area (Å²) in [4.78, 5) is 0. The van der Waals surface area contributed by atoms with E-state index in [1.54, 1.807) is 0 Å². The molecule has 0 aliphatic heterocycles. The van der Waals surface area contributed by atoms with Gasteiger partial charge in [-0.1, -0.05) is 61.5 Å². The molecule has 0 fully saturated rings. The molecule has 0 radical (unpaired) electrons. The van der Waals surface area contributed by atoms with E-state index in [1.165, 1.54) is 11.1 Å². The van der Waals surface area contributed by atoms with E-state index in [1.807, 2.05) is 0 Å². The van der Waals surface area contributed by atoms with Crippen LogP contribution in [0.4, 0.5) is 0 Å². The molecule has 0 saturated carbocycles. The second-order valence-corrected chi connectivity index (χ2v) is 7.50. The number of benzene rings is 1. The first kappa shape index (κ1) is 16.1. The molecule has 0 aromatic heterocycles. The molecule has 1 aromatic carbocycles. The highest BCUT2D eigenvalue weighted by Crippen LogP contribution is 2.43. The molecule has 0 unspecified atom stereocenters. The summed E-state index contributed by atoms with van der Waals surface area (Å²) in [5, 5.41) is 10.9. The van der Waals surface area contributed by atoms with Crippen LogP contribution in [0.2, 0.25) is 0 Å². The van der Waals surface area contributed by atoms with Gasteiger partial charge in [-0.2, -0.15) is 0 Å². The summed E-state index contributed by atoms with van der Waals surface area (Å²) < 4.78 is 0. The third kappa shape index (κ3) is 3.13. The van der Waals surface area contributed by atoms with Gasteiger partial charge in [0.25, 0.3) is 0 Å². The lowest BCUT2D eigenvalue weighted by atomic mass is 9.74. The summed E-state index contributed by atoms with van der Waals surface area (Å²) >= 11 is 0. The van der Waals surface area contributed by atoms with Crippen LogP contribution >= 0.6 is 0 Å². The first-order chi connectivity index (χ1) is 8.54. The van der Waals surface area contributed by atoms with E-state index in [2.05, 4.69) is 61.5 Å². The van der Waals surface area contributed by atoms with Crippen LogP contribution in [-0.2, 0) is 23.7 Å². The zero-order valence-electron chi connectivity index (χ0n) is 13.9. The first-order valence-corrected chi connectivity index (χ1v) is 7.42. The third-order valence-electron chi connectivity index (χ3n) is 3.73. The molecule has 0 atom stereocenters. The molecule has 0 aliphatic carbocycles. The number of hydrogen-bond acceptors (Lipinski definition) is 1. The maximum Gasteiger partial charge on any atom is 0.123 e. The van der Waals surface area contributed by atoms with Gasteiger partial charge in [-0.25, -0.2) is 0 Å². The van der Waals surface area contributed by atoms with E-state index in [4.69, 9.17) is 0 Å². The Morgan fingerprint density at radius 2 is 1.11 bits per heavy atom. The Balaban J connectivity index is 3.76. The Labute approximate surface area is 119 Å². The van der Waals surface area contributed by atoms with Gasteiger partial charge in [0, 0.05) is 11.1 Å². The average Bonchev–Trinajstić information content (AvgIpc) is 2.23. The Morgan fingerprint density at radius 1 is 0.789 bits per heavy atom. The lowest BCUT2D eigenvalue weighted by Crippen LogP contribution is -2.21. The number of aromatic hydroxyl groups is 1. The van der Waals surface area contributed by atoms with Gasteiger partial charge in [-0.05, 0) is 34.8 Å². The van der Waals surface area contributed by atoms with Gasteiger partial charge in [0.05, 0.1) is 0 Å². The van der Waals surface area contributed by atoms with Gasteiger partial charge in [-0.15, -0.1) is 0 Å². The van der Waals surface area contributed by atoms with Crippen LogP contribution in [0.1, 0.15) is 77.6 Å². The minimum Gasteiger partial charge on any atom is -0.507 e. The topological polar surface area (TPSA) is 20.2 Å². The quantitative estimate of drug-likeness (QED) is 0.785. The van der Waals surface area contributed by atoms with Crippen LogP contribution in [0.3, 0.4) is 0 Å². The minimum absolute atomic E-state index is 0.0261. The van der Waals surface area contributed by atoms with Crippen LogP contribution in [0.25, 0.3) is 0 Å². The molecule has 0 aliphatic rings. The summed E-state index contributed by atoms with van der Waals surface area (Å²) in [5.41, 5.74) is 4.77. The van der Waals surface area contributed by atoms with Crippen molar-refractivity contribution in [1.29, 1.82) is 0 Å². The lowest BCUT2D eigenvalue weighted by Gasteiger charge is -2.31. The number of rotatable bonds is 2. The molecule has 0 spiro atoms. The van der Waals surface area contributed by atoms with Crippen molar-refractivity contribution in [1.82, 2.24) is 0 Å². The van der Waals surface area contributed by atoms with Crippen molar-refractivity contribution in [3.05, 3.63) is 28.3 Å². The Bertz CT molecular complexity index is 416. The molecule has 0 saturated heterocycles. The fourth-order valence-corrected chi connectivity index (χ4v) is 3.02. The molecule has 108 valence electrons. The fraction of sp³-hybridized carbons (Fsp3) is 0.667. The Hall–Kier alpha value is -0.980. The molecule has 0 heterocycles. The van der Waals surface area contributed by atoms with Crippen LogP contribution in [-0.4, -0.2) is 5.11 Å². The van der Waals surface area contributed by atoms with Crippen molar-refractivity contribution < 1.29 is 5.11 Å². The van der Waals surface area contributed by atoms with E-state index >= 15 is 0 Å². The maximum atomic E-state index is 10.9. The van der Waals surface area contributed by atoms with Crippen LogP contribution in [0.5, 0.6) is 5.75 Å². The standard InChI is InChI=1S/C18H30O/c1-9-12-11-13(10-2)15(18(6,7)8)16(19)14(12)17(3,4)5/h11,19H,9-10H2,1-8H3. The van der Waals surface area contributed by atoms with Crippen molar-refractivity contribution in [2.45, 2.75) is 79.1 Å². The Kier molecular flexibility index (Phi) is 4.39. The second kappa shape index (κ2) is 5.19.